The zero-order chi connectivity index (χ0) is 18.0. The van der Waals surface area contributed by atoms with Crippen LogP contribution in [0.25, 0.3) is 10.9 Å². The number of methoxy groups -OCH3 is 1. The summed E-state index contributed by atoms with van der Waals surface area (Å²) in [6.07, 6.45) is -0.0155. The van der Waals surface area contributed by atoms with Crippen molar-refractivity contribution in [2.75, 3.05) is 7.11 Å². The van der Waals surface area contributed by atoms with Crippen LogP contribution in [0.3, 0.4) is 0 Å². The van der Waals surface area contributed by atoms with Gasteiger partial charge < -0.3 is 14.5 Å². The van der Waals surface area contributed by atoms with Crippen LogP contribution in [0.5, 0.6) is 5.75 Å². The minimum Gasteiger partial charge on any atom is -0.497 e. The van der Waals surface area contributed by atoms with E-state index in [4.69, 9.17) is 21.1 Å². The van der Waals surface area contributed by atoms with Crippen LogP contribution in [0, 0.1) is 6.92 Å². The maximum atomic E-state index is 12.2. The molecule has 0 saturated heterocycles. The summed E-state index contributed by atoms with van der Waals surface area (Å²) in [6, 6.07) is 11.7. The van der Waals surface area contributed by atoms with Gasteiger partial charge in [-0.1, -0.05) is 11.6 Å². The zero-order valence-electron chi connectivity index (χ0n) is 13.8. The Balaban J connectivity index is 1.78. The highest BCUT2D eigenvalue weighted by Crippen LogP contribution is 2.27. The number of fused-ring (bicyclic) bond motifs is 1. The minimum atomic E-state index is -0.697. The highest BCUT2D eigenvalue weighted by atomic mass is 35.5. The fourth-order valence-corrected chi connectivity index (χ4v) is 2.77. The summed E-state index contributed by atoms with van der Waals surface area (Å²) in [6.45, 7) is 1.87. The average molecular weight is 358 g/mol. The number of aromatic amines is 1. The molecule has 1 aromatic heterocycles. The monoisotopic (exact) mass is 357 g/mol. The van der Waals surface area contributed by atoms with Gasteiger partial charge in [0, 0.05) is 21.6 Å². The number of H-pyrrole nitrogens is 1. The average Bonchev–Trinajstić information content (AvgIpc) is 2.90. The molecule has 128 valence electrons. The first-order valence-electron chi connectivity index (χ1n) is 7.63. The second kappa shape index (κ2) is 6.99. The van der Waals surface area contributed by atoms with Crippen LogP contribution in [-0.2, 0) is 16.0 Å². The second-order valence-corrected chi connectivity index (χ2v) is 6.02. The Kier molecular flexibility index (Phi) is 4.76. The lowest BCUT2D eigenvalue weighted by molar-refractivity contribution is -0.137. The van der Waals surface area contributed by atoms with E-state index in [1.807, 2.05) is 25.1 Å². The molecule has 0 atom stereocenters. The number of carbonyl (C=O) groups is 2. The summed E-state index contributed by atoms with van der Waals surface area (Å²) in [7, 11) is 1.58. The lowest BCUT2D eigenvalue weighted by atomic mass is 10.1. The van der Waals surface area contributed by atoms with E-state index >= 15 is 0 Å². The van der Waals surface area contributed by atoms with Crippen molar-refractivity contribution in [3.05, 3.63) is 64.3 Å². The SMILES string of the molecule is COc1ccc2[nH]c(C)c(CC(=O)OC(=O)c3ccc(Cl)cc3)c2c1. The quantitative estimate of drug-likeness (QED) is 0.564. The number of hydrogen-bond acceptors (Lipinski definition) is 4. The van der Waals surface area contributed by atoms with E-state index in [1.54, 1.807) is 19.2 Å². The van der Waals surface area contributed by atoms with Gasteiger partial charge >= 0.3 is 11.9 Å². The number of esters is 2. The number of hydrogen-bond donors (Lipinski definition) is 1. The van der Waals surface area contributed by atoms with Gasteiger partial charge in [0.2, 0.25) is 0 Å². The Morgan fingerprint density at radius 1 is 1.12 bits per heavy atom. The summed E-state index contributed by atoms with van der Waals surface area (Å²) in [4.78, 5) is 27.4. The molecule has 0 spiro atoms. The Hall–Kier alpha value is -2.79. The molecule has 0 aliphatic carbocycles. The smallest absolute Gasteiger partial charge is 0.345 e. The lowest BCUT2D eigenvalue weighted by Crippen LogP contribution is -2.15. The van der Waals surface area contributed by atoms with E-state index in [9.17, 15) is 9.59 Å². The van der Waals surface area contributed by atoms with Crippen molar-refractivity contribution in [3.8, 4) is 5.75 Å². The van der Waals surface area contributed by atoms with Gasteiger partial charge in [-0.25, -0.2) is 4.79 Å². The number of carbonyl (C=O) groups excluding carboxylic acids is 2. The first-order valence-corrected chi connectivity index (χ1v) is 8.01. The Labute approximate surface area is 149 Å². The van der Waals surface area contributed by atoms with Crippen molar-refractivity contribution in [2.45, 2.75) is 13.3 Å². The number of aryl methyl sites for hydroxylation is 1. The molecule has 25 heavy (non-hydrogen) atoms. The Morgan fingerprint density at radius 3 is 2.52 bits per heavy atom. The van der Waals surface area contributed by atoms with Crippen LogP contribution in [0.2, 0.25) is 5.02 Å². The predicted octanol–water partition coefficient (Wildman–Crippen LogP) is 4.06. The van der Waals surface area contributed by atoms with E-state index in [0.29, 0.717) is 10.8 Å². The molecule has 0 unspecified atom stereocenters. The third kappa shape index (κ3) is 3.67. The highest BCUT2D eigenvalue weighted by molar-refractivity contribution is 6.30. The van der Waals surface area contributed by atoms with Crippen molar-refractivity contribution >= 4 is 34.4 Å². The summed E-state index contributed by atoms with van der Waals surface area (Å²) < 4.78 is 10.2. The van der Waals surface area contributed by atoms with Crippen molar-refractivity contribution in [1.29, 1.82) is 0 Å². The predicted molar refractivity (Wildman–Crippen MR) is 95.2 cm³/mol. The van der Waals surface area contributed by atoms with Crippen molar-refractivity contribution < 1.29 is 19.1 Å². The topological polar surface area (TPSA) is 68.4 Å². The Bertz CT molecular complexity index is 944. The molecule has 6 heteroatoms. The molecule has 5 nitrogen and oxygen atoms in total. The van der Waals surface area contributed by atoms with Crippen LogP contribution in [0.4, 0.5) is 0 Å². The number of aromatic nitrogens is 1. The van der Waals surface area contributed by atoms with E-state index in [-0.39, 0.29) is 12.0 Å². The zero-order valence-corrected chi connectivity index (χ0v) is 14.5. The van der Waals surface area contributed by atoms with Gasteiger partial charge in [0.15, 0.2) is 0 Å². The molecule has 1 heterocycles. The molecular weight excluding hydrogens is 342 g/mol. The van der Waals surface area contributed by atoms with E-state index < -0.39 is 11.9 Å². The molecule has 3 aromatic rings. The lowest BCUT2D eigenvalue weighted by Gasteiger charge is -2.05. The minimum absolute atomic E-state index is 0.0155. The third-order valence-electron chi connectivity index (χ3n) is 3.93. The molecule has 0 aliphatic rings. The normalized spacial score (nSPS) is 10.7. The summed E-state index contributed by atoms with van der Waals surface area (Å²) in [5.41, 5.74) is 2.79. The van der Waals surface area contributed by atoms with Gasteiger partial charge in [-0.05, 0) is 55.0 Å². The van der Waals surface area contributed by atoms with Gasteiger partial charge in [0.1, 0.15) is 5.75 Å². The van der Waals surface area contributed by atoms with Gasteiger partial charge in [-0.15, -0.1) is 0 Å². The fraction of sp³-hybridized carbons (Fsp3) is 0.158. The number of ether oxygens (including phenoxy) is 2. The van der Waals surface area contributed by atoms with E-state index in [1.165, 1.54) is 12.1 Å². The van der Waals surface area contributed by atoms with Gasteiger partial charge in [-0.2, -0.15) is 0 Å². The van der Waals surface area contributed by atoms with Crippen LogP contribution in [-0.4, -0.2) is 24.0 Å². The molecule has 0 radical (unpaired) electrons. The van der Waals surface area contributed by atoms with Gasteiger partial charge in [0.05, 0.1) is 19.1 Å². The van der Waals surface area contributed by atoms with Crippen LogP contribution < -0.4 is 4.74 Å². The van der Waals surface area contributed by atoms with Gasteiger partial charge in [-0.3, -0.25) is 4.79 Å². The first-order chi connectivity index (χ1) is 12.0. The van der Waals surface area contributed by atoms with E-state index in [2.05, 4.69) is 4.98 Å². The molecule has 0 fully saturated rings. The summed E-state index contributed by atoms with van der Waals surface area (Å²) >= 11 is 5.78. The maximum absolute atomic E-state index is 12.2. The number of benzene rings is 2. The van der Waals surface area contributed by atoms with Crippen LogP contribution in [0.1, 0.15) is 21.6 Å². The summed E-state index contributed by atoms with van der Waals surface area (Å²) in [5.74, 6) is -0.623. The third-order valence-corrected chi connectivity index (χ3v) is 4.19. The Morgan fingerprint density at radius 2 is 1.84 bits per heavy atom. The molecule has 0 aliphatic heterocycles. The first kappa shape index (κ1) is 17.0. The summed E-state index contributed by atoms with van der Waals surface area (Å²) in [5, 5.41) is 1.37. The largest absolute Gasteiger partial charge is 0.497 e. The highest BCUT2D eigenvalue weighted by Gasteiger charge is 2.17. The van der Waals surface area contributed by atoms with Gasteiger partial charge in [0.25, 0.3) is 0 Å². The molecule has 1 N–H and O–H groups in total. The molecule has 0 amide bonds. The van der Waals surface area contributed by atoms with E-state index in [0.717, 1.165) is 22.2 Å². The molecule has 2 aromatic carbocycles. The molecular formula is C19H16ClNO4. The molecule has 3 rings (SSSR count). The number of rotatable bonds is 4. The van der Waals surface area contributed by atoms with Crippen molar-refractivity contribution in [1.82, 2.24) is 4.98 Å². The van der Waals surface area contributed by atoms with Crippen LogP contribution in [0.15, 0.2) is 42.5 Å². The van der Waals surface area contributed by atoms with Crippen molar-refractivity contribution in [2.24, 2.45) is 0 Å². The standard InChI is InChI=1S/C19H16ClNO4/c1-11-15(16-9-14(24-2)7-8-17(16)21-11)10-18(22)25-19(23)12-3-5-13(20)6-4-12/h3-9,21H,10H2,1-2H3. The number of halogens is 1. The molecule has 0 saturated carbocycles. The molecule has 0 bridgehead atoms. The maximum Gasteiger partial charge on any atom is 0.345 e. The number of nitrogens with one attached hydrogen (secondary N) is 1. The second-order valence-electron chi connectivity index (χ2n) is 5.59. The van der Waals surface area contributed by atoms with Crippen molar-refractivity contribution in [3.63, 3.8) is 0 Å². The fourth-order valence-electron chi connectivity index (χ4n) is 2.64. The van der Waals surface area contributed by atoms with Crippen LogP contribution >= 0.6 is 11.6 Å².